The molecule has 0 saturated carbocycles. The largest absolute Gasteiger partial charge is 0.493 e. The van der Waals surface area contributed by atoms with Crippen LogP contribution in [0.5, 0.6) is 17.2 Å². The van der Waals surface area contributed by atoms with Crippen molar-refractivity contribution in [2.45, 2.75) is 26.3 Å². The van der Waals surface area contributed by atoms with Crippen molar-refractivity contribution in [2.24, 2.45) is 0 Å². The van der Waals surface area contributed by atoms with Gasteiger partial charge in [-0.25, -0.2) is 4.98 Å². The molecule has 31 heavy (non-hydrogen) atoms. The van der Waals surface area contributed by atoms with Crippen LogP contribution in [0.3, 0.4) is 0 Å². The summed E-state index contributed by atoms with van der Waals surface area (Å²) in [6.07, 6.45) is 1.61. The smallest absolute Gasteiger partial charge is 0.161 e. The zero-order valence-corrected chi connectivity index (χ0v) is 18.3. The van der Waals surface area contributed by atoms with Crippen LogP contribution in [0.15, 0.2) is 66.7 Å². The zero-order chi connectivity index (χ0) is 21.6. The van der Waals surface area contributed by atoms with Gasteiger partial charge in [0.1, 0.15) is 11.6 Å². The molecule has 0 radical (unpaired) electrons. The van der Waals surface area contributed by atoms with Crippen molar-refractivity contribution in [1.82, 2.24) is 9.55 Å². The predicted molar refractivity (Wildman–Crippen MR) is 123 cm³/mol. The molecule has 0 aliphatic heterocycles. The second kappa shape index (κ2) is 9.56. The third-order valence-corrected chi connectivity index (χ3v) is 5.42. The van der Waals surface area contributed by atoms with Crippen molar-refractivity contribution < 1.29 is 14.2 Å². The summed E-state index contributed by atoms with van der Waals surface area (Å²) in [5.74, 6) is 3.44. The molecule has 3 aromatic carbocycles. The number of para-hydroxylation sites is 3. The van der Waals surface area contributed by atoms with E-state index in [-0.39, 0.29) is 0 Å². The molecular formula is C26H28N2O3. The minimum Gasteiger partial charge on any atom is -0.493 e. The van der Waals surface area contributed by atoms with Gasteiger partial charge in [-0.3, -0.25) is 0 Å². The number of hydrogen-bond donors (Lipinski definition) is 0. The third kappa shape index (κ3) is 4.66. The normalized spacial score (nSPS) is 10.9. The van der Waals surface area contributed by atoms with Crippen LogP contribution in [0, 0.1) is 6.92 Å². The molecule has 0 N–H and O–H groups in total. The van der Waals surface area contributed by atoms with Gasteiger partial charge in [-0.1, -0.05) is 36.4 Å². The van der Waals surface area contributed by atoms with Gasteiger partial charge >= 0.3 is 0 Å². The maximum absolute atomic E-state index is 6.00. The van der Waals surface area contributed by atoms with Gasteiger partial charge in [0.25, 0.3) is 0 Å². The highest BCUT2D eigenvalue weighted by atomic mass is 16.5. The van der Waals surface area contributed by atoms with Gasteiger partial charge in [0, 0.05) is 13.0 Å². The van der Waals surface area contributed by atoms with E-state index in [9.17, 15) is 0 Å². The van der Waals surface area contributed by atoms with Crippen molar-refractivity contribution in [3.63, 3.8) is 0 Å². The van der Waals surface area contributed by atoms with E-state index >= 15 is 0 Å². The Morgan fingerprint density at radius 2 is 1.61 bits per heavy atom. The molecule has 4 rings (SSSR count). The van der Waals surface area contributed by atoms with Crippen molar-refractivity contribution in [2.75, 3.05) is 20.8 Å². The Labute approximate surface area is 183 Å². The molecule has 5 nitrogen and oxygen atoms in total. The summed E-state index contributed by atoms with van der Waals surface area (Å²) < 4.78 is 19.1. The first-order valence-electron chi connectivity index (χ1n) is 10.5. The number of hydrogen-bond acceptors (Lipinski definition) is 4. The molecule has 0 bridgehead atoms. The van der Waals surface area contributed by atoms with Crippen LogP contribution in [0.4, 0.5) is 0 Å². The summed E-state index contributed by atoms with van der Waals surface area (Å²) in [6, 6.07) is 22.4. The number of aryl methyl sites for hydroxylation is 2. The molecule has 0 atom stereocenters. The van der Waals surface area contributed by atoms with Crippen LogP contribution in [0.1, 0.15) is 23.4 Å². The average Bonchev–Trinajstić information content (AvgIpc) is 3.14. The fourth-order valence-electron chi connectivity index (χ4n) is 3.81. The first-order chi connectivity index (χ1) is 15.2. The summed E-state index contributed by atoms with van der Waals surface area (Å²) >= 11 is 0. The number of aromatic nitrogens is 2. The fourth-order valence-corrected chi connectivity index (χ4v) is 3.81. The van der Waals surface area contributed by atoms with Gasteiger partial charge in [-0.2, -0.15) is 0 Å². The van der Waals surface area contributed by atoms with Gasteiger partial charge in [0.15, 0.2) is 11.5 Å². The Kier molecular flexibility index (Phi) is 6.41. The Bertz CT molecular complexity index is 1170. The molecule has 1 aromatic heterocycles. The molecule has 0 aliphatic carbocycles. The van der Waals surface area contributed by atoms with Crippen LogP contribution >= 0.6 is 0 Å². The van der Waals surface area contributed by atoms with Crippen LogP contribution in [0.2, 0.25) is 0 Å². The summed E-state index contributed by atoms with van der Waals surface area (Å²) in [5.41, 5.74) is 4.45. The summed E-state index contributed by atoms with van der Waals surface area (Å²) in [4.78, 5) is 4.91. The Morgan fingerprint density at radius 3 is 2.42 bits per heavy atom. The second-order valence-corrected chi connectivity index (χ2v) is 7.50. The molecule has 160 valence electrons. The molecule has 1 heterocycles. The van der Waals surface area contributed by atoms with Gasteiger partial charge in [0.05, 0.1) is 31.9 Å². The van der Waals surface area contributed by atoms with Crippen molar-refractivity contribution >= 4 is 11.0 Å². The number of methoxy groups -OCH3 is 2. The summed E-state index contributed by atoms with van der Waals surface area (Å²) in [5, 5.41) is 0. The van der Waals surface area contributed by atoms with Gasteiger partial charge in [-0.05, 0) is 54.8 Å². The minimum absolute atomic E-state index is 0.660. The first kappa shape index (κ1) is 20.8. The van der Waals surface area contributed by atoms with E-state index in [0.29, 0.717) is 13.0 Å². The van der Waals surface area contributed by atoms with Crippen LogP contribution in [-0.4, -0.2) is 30.4 Å². The zero-order valence-electron chi connectivity index (χ0n) is 18.3. The molecule has 4 aromatic rings. The number of ether oxygens (including phenoxy) is 3. The van der Waals surface area contributed by atoms with E-state index in [1.165, 1.54) is 0 Å². The minimum atomic E-state index is 0.660. The first-order valence-corrected chi connectivity index (χ1v) is 10.5. The average molecular weight is 417 g/mol. The third-order valence-electron chi connectivity index (χ3n) is 5.42. The lowest BCUT2D eigenvalue weighted by atomic mass is 10.1. The van der Waals surface area contributed by atoms with E-state index in [4.69, 9.17) is 19.2 Å². The van der Waals surface area contributed by atoms with E-state index in [2.05, 4.69) is 41.8 Å². The van der Waals surface area contributed by atoms with Crippen LogP contribution in [0.25, 0.3) is 11.0 Å². The van der Waals surface area contributed by atoms with Gasteiger partial charge in [0.2, 0.25) is 0 Å². The van der Waals surface area contributed by atoms with Crippen molar-refractivity contribution in [3.05, 3.63) is 83.7 Å². The molecular weight excluding hydrogens is 388 g/mol. The second-order valence-electron chi connectivity index (χ2n) is 7.50. The molecule has 5 heteroatoms. The van der Waals surface area contributed by atoms with Gasteiger partial charge < -0.3 is 18.8 Å². The Hall–Kier alpha value is -3.47. The number of fused-ring (bicyclic) bond motifs is 1. The highest BCUT2D eigenvalue weighted by molar-refractivity contribution is 5.76. The molecule has 0 amide bonds. The fraction of sp³-hybridized carbons (Fsp3) is 0.269. The van der Waals surface area contributed by atoms with Crippen molar-refractivity contribution in [3.8, 4) is 17.2 Å². The molecule has 0 spiro atoms. The summed E-state index contributed by atoms with van der Waals surface area (Å²) in [7, 11) is 3.31. The van der Waals surface area contributed by atoms with E-state index in [1.54, 1.807) is 14.2 Å². The van der Waals surface area contributed by atoms with Gasteiger partial charge in [-0.15, -0.1) is 0 Å². The lowest BCUT2D eigenvalue weighted by Crippen LogP contribution is -2.09. The number of rotatable bonds is 9. The summed E-state index contributed by atoms with van der Waals surface area (Å²) in [6.45, 7) is 3.57. The molecule has 0 unspecified atom stereocenters. The molecule has 0 aliphatic rings. The standard InChI is InChI=1S/C26H28N2O3/c1-19-9-4-7-12-23(19)31-16-8-15-28-22-11-6-5-10-21(22)27-26(28)18-20-13-14-24(29-2)25(17-20)30-3/h4-7,9-14,17H,8,15-16,18H2,1-3H3. The molecule has 0 fully saturated rings. The topological polar surface area (TPSA) is 45.5 Å². The molecule has 0 saturated heterocycles. The lowest BCUT2D eigenvalue weighted by Gasteiger charge is -2.13. The SMILES string of the molecule is COc1ccc(Cc2nc3ccccc3n2CCCOc2ccccc2C)cc1OC. The maximum atomic E-state index is 6.00. The maximum Gasteiger partial charge on any atom is 0.161 e. The monoisotopic (exact) mass is 416 g/mol. The quantitative estimate of drug-likeness (QED) is 0.342. The highest BCUT2D eigenvalue weighted by Gasteiger charge is 2.13. The van der Waals surface area contributed by atoms with E-state index in [1.807, 2.05) is 36.4 Å². The van der Waals surface area contributed by atoms with Crippen LogP contribution in [-0.2, 0) is 13.0 Å². The Balaban J connectivity index is 1.52. The highest BCUT2D eigenvalue weighted by Crippen LogP contribution is 2.29. The van der Waals surface area contributed by atoms with Crippen LogP contribution < -0.4 is 14.2 Å². The lowest BCUT2D eigenvalue weighted by molar-refractivity contribution is 0.300. The predicted octanol–water partition coefficient (Wildman–Crippen LogP) is 5.42. The van der Waals surface area contributed by atoms with E-state index in [0.717, 1.165) is 58.2 Å². The van der Waals surface area contributed by atoms with E-state index < -0.39 is 0 Å². The Morgan fingerprint density at radius 1 is 0.839 bits per heavy atom. The number of imidazole rings is 1. The number of nitrogens with zero attached hydrogens (tertiary/aromatic N) is 2. The van der Waals surface area contributed by atoms with Crippen molar-refractivity contribution in [1.29, 1.82) is 0 Å². The number of benzene rings is 3.